The van der Waals surface area contributed by atoms with Gasteiger partial charge in [0.05, 0.1) is 0 Å². The Morgan fingerprint density at radius 3 is 2.77 bits per heavy atom. The van der Waals surface area contributed by atoms with E-state index in [2.05, 4.69) is 10.2 Å². The SMILES string of the molecule is Oc1cccc(-c2nnc(Cl)s2)c1. The summed E-state index contributed by atoms with van der Waals surface area (Å²) in [5.41, 5.74) is 0.824. The lowest BCUT2D eigenvalue weighted by molar-refractivity contribution is 0.475. The highest BCUT2D eigenvalue weighted by Gasteiger charge is 2.04. The van der Waals surface area contributed by atoms with E-state index in [4.69, 9.17) is 11.6 Å². The predicted octanol–water partition coefficient (Wildman–Crippen LogP) is 2.56. The van der Waals surface area contributed by atoms with Gasteiger partial charge in [-0.25, -0.2) is 0 Å². The number of phenolic OH excluding ortho intramolecular Hbond substituents is 1. The van der Waals surface area contributed by atoms with E-state index in [0.717, 1.165) is 5.56 Å². The zero-order chi connectivity index (χ0) is 9.26. The number of nitrogens with zero attached hydrogens (tertiary/aromatic N) is 2. The van der Waals surface area contributed by atoms with Gasteiger partial charge >= 0.3 is 0 Å². The van der Waals surface area contributed by atoms with E-state index in [1.54, 1.807) is 18.2 Å². The second-order valence-electron chi connectivity index (χ2n) is 2.41. The van der Waals surface area contributed by atoms with Crippen LogP contribution in [-0.2, 0) is 0 Å². The Morgan fingerprint density at radius 1 is 1.31 bits per heavy atom. The van der Waals surface area contributed by atoms with E-state index < -0.39 is 0 Å². The maximum absolute atomic E-state index is 9.20. The van der Waals surface area contributed by atoms with Gasteiger partial charge in [0.1, 0.15) is 10.8 Å². The van der Waals surface area contributed by atoms with Crippen LogP contribution in [-0.4, -0.2) is 15.3 Å². The van der Waals surface area contributed by atoms with Crippen LogP contribution in [0.15, 0.2) is 24.3 Å². The van der Waals surface area contributed by atoms with Gasteiger partial charge in [0.2, 0.25) is 4.47 Å². The highest BCUT2D eigenvalue weighted by atomic mass is 35.5. The maximum Gasteiger partial charge on any atom is 0.207 e. The molecule has 66 valence electrons. The molecule has 0 unspecified atom stereocenters. The molecule has 0 radical (unpaired) electrons. The van der Waals surface area contributed by atoms with Crippen molar-refractivity contribution >= 4 is 22.9 Å². The molecule has 0 fully saturated rings. The summed E-state index contributed by atoms with van der Waals surface area (Å²) in [6, 6.07) is 6.82. The van der Waals surface area contributed by atoms with Crippen LogP contribution in [0.1, 0.15) is 0 Å². The Balaban J connectivity index is 2.46. The van der Waals surface area contributed by atoms with Gasteiger partial charge in [-0.15, -0.1) is 10.2 Å². The molecule has 0 saturated carbocycles. The standard InChI is InChI=1S/C8H5ClN2OS/c9-8-11-10-7(13-8)5-2-1-3-6(12)4-5/h1-4,12H. The molecule has 0 amide bonds. The first-order chi connectivity index (χ1) is 6.25. The fraction of sp³-hybridized carbons (Fsp3) is 0. The van der Waals surface area contributed by atoms with Crippen molar-refractivity contribution in [2.75, 3.05) is 0 Å². The molecular weight excluding hydrogens is 208 g/mol. The molecule has 0 bridgehead atoms. The topological polar surface area (TPSA) is 46.0 Å². The van der Waals surface area contributed by atoms with Crippen molar-refractivity contribution in [3.05, 3.63) is 28.7 Å². The minimum absolute atomic E-state index is 0.212. The number of hydrogen-bond acceptors (Lipinski definition) is 4. The minimum atomic E-state index is 0.212. The Kier molecular flexibility index (Phi) is 2.16. The van der Waals surface area contributed by atoms with Gasteiger partial charge in [0.15, 0.2) is 0 Å². The Hall–Kier alpha value is -1.13. The molecule has 2 rings (SSSR count). The van der Waals surface area contributed by atoms with Gasteiger partial charge < -0.3 is 5.11 Å². The first kappa shape index (κ1) is 8.47. The summed E-state index contributed by atoms with van der Waals surface area (Å²) in [6.45, 7) is 0. The number of halogens is 1. The van der Waals surface area contributed by atoms with Gasteiger partial charge in [0, 0.05) is 5.56 Å². The van der Waals surface area contributed by atoms with Crippen LogP contribution in [0.4, 0.5) is 0 Å². The van der Waals surface area contributed by atoms with Crippen LogP contribution in [0.25, 0.3) is 10.6 Å². The molecule has 1 N–H and O–H groups in total. The van der Waals surface area contributed by atoms with Crippen molar-refractivity contribution in [3.8, 4) is 16.3 Å². The molecule has 0 aliphatic heterocycles. The quantitative estimate of drug-likeness (QED) is 0.790. The maximum atomic E-state index is 9.20. The van der Waals surface area contributed by atoms with Crippen LogP contribution in [0.3, 0.4) is 0 Å². The minimum Gasteiger partial charge on any atom is -0.508 e. The van der Waals surface area contributed by atoms with Crippen molar-refractivity contribution in [2.45, 2.75) is 0 Å². The van der Waals surface area contributed by atoms with Gasteiger partial charge in [-0.3, -0.25) is 0 Å². The Morgan fingerprint density at radius 2 is 2.15 bits per heavy atom. The van der Waals surface area contributed by atoms with Crippen LogP contribution in [0.2, 0.25) is 4.47 Å². The van der Waals surface area contributed by atoms with Crippen molar-refractivity contribution < 1.29 is 5.11 Å². The fourth-order valence-corrected chi connectivity index (χ4v) is 1.79. The van der Waals surface area contributed by atoms with Crippen LogP contribution in [0, 0.1) is 0 Å². The number of aromatic nitrogens is 2. The smallest absolute Gasteiger partial charge is 0.207 e. The van der Waals surface area contributed by atoms with E-state index in [9.17, 15) is 5.11 Å². The molecule has 2 aromatic rings. The zero-order valence-corrected chi connectivity index (χ0v) is 8.01. The molecular formula is C8H5ClN2OS. The molecule has 1 heterocycles. The number of benzene rings is 1. The first-order valence-electron chi connectivity index (χ1n) is 3.54. The third-order valence-electron chi connectivity index (χ3n) is 1.49. The monoisotopic (exact) mass is 212 g/mol. The molecule has 0 aliphatic carbocycles. The van der Waals surface area contributed by atoms with Gasteiger partial charge in [-0.2, -0.15) is 0 Å². The zero-order valence-electron chi connectivity index (χ0n) is 6.44. The lowest BCUT2D eigenvalue weighted by Gasteiger charge is -1.94. The second kappa shape index (κ2) is 3.32. The molecule has 5 heteroatoms. The number of rotatable bonds is 1. The van der Waals surface area contributed by atoms with Crippen LogP contribution >= 0.6 is 22.9 Å². The normalized spacial score (nSPS) is 10.2. The third kappa shape index (κ3) is 1.79. The highest BCUT2D eigenvalue weighted by molar-refractivity contribution is 7.18. The first-order valence-corrected chi connectivity index (χ1v) is 4.73. The fourth-order valence-electron chi connectivity index (χ4n) is 0.961. The van der Waals surface area contributed by atoms with Gasteiger partial charge in [-0.05, 0) is 23.7 Å². The van der Waals surface area contributed by atoms with E-state index in [1.807, 2.05) is 6.07 Å². The van der Waals surface area contributed by atoms with Crippen molar-refractivity contribution in [3.63, 3.8) is 0 Å². The van der Waals surface area contributed by atoms with Crippen molar-refractivity contribution in [1.29, 1.82) is 0 Å². The molecule has 0 saturated heterocycles. The summed E-state index contributed by atoms with van der Waals surface area (Å²) in [4.78, 5) is 0. The number of hydrogen-bond donors (Lipinski definition) is 1. The molecule has 0 spiro atoms. The molecule has 3 nitrogen and oxygen atoms in total. The average Bonchev–Trinajstić information content (AvgIpc) is 2.52. The van der Waals surface area contributed by atoms with E-state index in [-0.39, 0.29) is 5.75 Å². The molecule has 0 aliphatic rings. The lowest BCUT2D eigenvalue weighted by Crippen LogP contribution is -1.75. The van der Waals surface area contributed by atoms with Crippen LogP contribution in [0.5, 0.6) is 5.75 Å². The highest BCUT2D eigenvalue weighted by Crippen LogP contribution is 2.27. The van der Waals surface area contributed by atoms with Crippen LogP contribution < -0.4 is 0 Å². The summed E-state index contributed by atoms with van der Waals surface area (Å²) < 4.78 is 0.401. The molecule has 1 aromatic heterocycles. The molecule has 13 heavy (non-hydrogen) atoms. The predicted molar refractivity (Wildman–Crippen MR) is 52.0 cm³/mol. The summed E-state index contributed by atoms with van der Waals surface area (Å²) >= 11 is 6.91. The summed E-state index contributed by atoms with van der Waals surface area (Å²) in [5, 5.41) is 17.4. The van der Waals surface area contributed by atoms with Crippen molar-refractivity contribution in [1.82, 2.24) is 10.2 Å². The average molecular weight is 213 g/mol. The van der Waals surface area contributed by atoms with Gasteiger partial charge in [-0.1, -0.05) is 23.5 Å². The van der Waals surface area contributed by atoms with Crippen molar-refractivity contribution in [2.24, 2.45) is 0 Å². The van der Waals surface area contributed by atoms with Gasteiger partial charge in [0.25, 0.3) is 0 Å². The molecule has 0 atom stereocenters. The molecule has 1 aromatic carbocycles. The summed E-state index contributed by atoms with van der Waals surface area (Å²) in [7, 11) is 0. The number of aromatic hydroxyl groups is 1. The lowest BCUT2D eigenvalue weighted by atomic mass is 10.2. The van der Waals surface area contributed by atoms with E-state index in [1.165, 1.54) is 11.3 Å². The second-order valence-corrected chi connectivity index (χ2v) is 3.97. The Bertz CT molecular complexity index is 430. The largest absolute Gasteiger partial charge is 0.508 e. The third-order valence-corrected chi connectivity index (χ3v) is 2.56. The summed E-state index contributed by atoms with van der Waals surface area (Å²) in [5.74, 6) is 0.212. The summed E-state index contributed by atoms with van der Waals surface area (Å²) in [6.07, 6.45) is 0. The van der Waals surface area contributed by atoms with E-state index in [0.29, 0.717) is 9.47 Å². The Labute approximate surface area is 83.6 Å². The van der Waals surface area contributed by atoms with E-state index >= 15 is 0 Å². The number of phenols is 1.